The Hall–Kier alpha value is -0.770. The third kappa shape index (κ3) is 5.81. The van der Waals surface area contributed by atoms with Gasteiger partial charge in [-0.1, -0.05) is 13.3 Å². The number of nitrogens with zero attached hydrogens (tertiary/aromatic N) is 1. The Balaban J connectivity index is 2.60. The van der Waals surface area contributed by atoms with Gasteiger partial charge in [0.15, 0.2) is 0 Å². The van der Waals surface area contributed by atoms with E-state index < -0.39 is 5.60 Å². The second kappa shape index (κ2) is 7.13. The van der Waals surface area contributed by atoms with Gasteiger partial charge in [-0.15, -0.1) is 0 Å². The molecule has 0 saturated carbocycles. The normalized spacial score (nSPS) is 22.8. The molecule has 0 aromatic heterocycles. The van der Waals surface area contributed by atoms with Crippen LogP contribution in [0.25, 0.3) is 0 Å². The molecule has 1 saturated heterocycles. The van der Waals surface area contributed by atoms with Crippen molar-refractivity contribution in [1.82, 2.24) is 4.90 Å². The zero-order valence-electron chi connectivity index (χ0n) is 12.9. The molecular weight excluding hydrogens is 240 g/mol. The van der Waals surface area contributed by atoms with E-state index >= 15 is 0 Å². The fourth-order valence-electron chi connectivity index (χ4n) is 2.63. The molecule has 2 unspecified atom stereocenters. The zero-order valence-corrected chi connectivity index (χ0v) is 12.9. The summed E-state index contributed by atoms with van der Waals surface area (Å²) < 4.78 is 5.48. The number of carbonyl (C=O) groups is 1. The van der Waals surface area contributed by atoms with Crippen molar-refractivity contribution in [3.8, 4) is 0 Å². The minimum Gasteiger partial charge on any atom is -0.444 e. The van der Waals surface area contributed by atoms with Crippen LogP contribution in [-0.2, 0) is 4.74 Å². The van der Waals surface area contributed by atoms with Crippen molar-refractivity contribution in [3.05, 3.63) is 0 Å². The molecule has 1 aliphatic heterocycles. The highest BCUT2D eigenvalue weighted by Crippen LogP contribution is 2.26. The van der Waals surface area contributed by atoms with Crippen molar-refractivity contribution < 1.29 is 9.53 Å². The quantitative estimate of drug-likeness (QED) is 0.857. The Bertz CT molecular complexity index is 286. The minimum absolute atomic E-state index is 0.167. The van der Waals surface area contributed by atoms with Crippen LogP contribution in [0, 0.1) is 11.8 Å². The van der Waals surface area contributed by atoms with Gasteiger partial charge in [-0.3, -0.25) is 0 Å². The van der Waals surface area contributed by atoms with E-state index in [0.717, 1.165) is 32.5 Å². The van der Waals surface area contributed by atoms with E-state index in [9.17, 15) is 4.79 Å². The maximum absolute atomic E-state index is 12.2. The van der Waals surface area contributed by atoms with E-state index in [4.69, 9.17) is 10.5 Å². The maximum Gasteiger partial charge on any atom is 0.410 e. The molecule has 4 heteroatoms. The summed E-state index contributed by atoms with van der Waals surface area (Å²) in [6.45, 7) is 10.4. The zero-order chi connectivity index (χ0) is 14.5. The van der Waals surface area contributed by atoms with E-state index in [-0.39, 0.29) is 6.09 Å². The monoisotopic (exact) mass is 270 g/mol. The Labute approximate surface area is 117 Å². The van der Waals surface area contributed by atoms with Crippen LogP contribution in [0.3, 0.4) is 0 Å². The molecule has 1 amide bonds. The third-order valence-corrected chi connectivity index (χ3v) is 3.79. The predicted octanol–water partition coefficient (Wildman–Crippen LogP) is 3.01. The van der Waals surface area contributed by atoms with Gasteiger partial charge in [0.05, 0.1) is 0 Å². The van der Waals surface area contributed by atoms with Gasteiger partial charge in [-0.2, -0.15) is 0 Å². The van der Waals surface area contributed by atoms with Gasteiger partial charge < -0.3 is 15.4 Å². The first kappa shape index (κ1) is 16.3. The van der Waals surface area contributed by atoms with Crippen LogP contribution in [0.2, 0.25) is 0 Å². The molecule has 0 aromatic carbocycles. The van der Waals surface area contributed by atoms with E-state index in [0.29, 0.717) is 11.8 Å². The Morgan fingerprint density at radius 3 is 2.68 bits per heavy atom. The van der Waals surface area contributed by atoms with Gasteiger partial charge in [0.2, 0.25) is 0 Å². The number of hydrogen-bond donors (Lipinski definition) is 1. The largest absolute Gasteiger partial charge is 0.444 e. The highest BCUT2D eigenvalue weighted by Gasteiger charge is 2.28. The molecule has 0 radical (unpaired) electrons. The molecule has 1 fully saturated rings. The highest BCUT2D eigenvalue weighted by molar-refractivity contribution is 5.68. The molecular formula is C15H30N2O2. The number of nitrogens with two attached hydrogens (primary N) is 1. The lowest BCUT2D eigenvalue weighted by molar-refractivity contribution is 0.0219. The number of rotatable bonds is 3. The Morgan fingerprint density at radius 1 is 1.42 bits per heavy atom. The van der Waals surface area contributed by atoms with Crippen molar-refractivity contribution in [2.45, 2.75) is 59.0 Å². The fraction of sp³-hybridized carbons (Fsp3) is 0.933. The summed E-state index contributed by atoms with van der Waals surface area (Å²) in [4.78, 5) is 14.1. The van der Waals surface area contributed by atoms with E-state index in [1.165, 1.54) is 12.8 Å². The molecule has 4 nitrogen and oxygen atoms in total. The van der Waals surface area contributed by atoms with Crippen molar-refractivity contribution >= 4 is 6.09 Å². The fourth-order valence-corrected chi connectivity index (χ4v) is 2.63. The van der Waals surface area contributed by atoms with E-state index in [1.54, 1.807) is 0 Å². The number of amides is 1. The SMILES string of the molecule is CC(CCN)C1CCCCN(C(=O)OC(C)(C)C)C1. The predicted molar refractivity (Wildman–Crippen MR) is 78.0 cm³/mol. The first-order valence-electron chi connectivity index (χ1n) is 7.51. The molecule has 0 bridgehead atoms. The number of likely N-dealkylation sites (tertiary alicyclic amines) is 1. The Morgan fingerprint density at radius 2 is 2.11 bits per heavy atom. The van der Waals surface area contributed by atoms with Crippen LogP contribution in [-0.4, -0.2) is 36.2 Å². The van der Waals surface area contributed by atoms with Crippen LogP contribution in [0.4, 0.5) is 4.79 Å². The summed E-state index contributed by atoms with van der Waals surface area (Å²) in [5.74, 6) is 1.13. The number of ether oxygens (including phenoxy) is 1. The third-order valence-electron chi connectivity index (χ3n) is 3.79. The summed E-state index contributed by atoms with van der Waals surface area (Å²) in [5, 5.41) is 0. The lowest BCUT2D eigenvalue weighted by Gasteiger charge is -2.30. The second-order valence-electron chi connectivity index (χ2n) is 6.74. The van der Waals surface area contributed by atoms with Gasteiger partial charge in [0.1, 0.15) is 5.60 Å². The molecule has 0 spiro atoms. The molecule has 0 aromatic rings. The molecule has 2 N–H and O–H groups in total. The molecule has 2 atom stereocenters. The van der Waals surface area contributed by atoms with Gasteiger partial charge in [-0.05, 0) is 58.4 Å². The summed E-state index contributed by atoms with van der Waals surface area (Å²) in [7, 11) is 0. The van der Waals surface area contributed by atoms with Crippen LogP contribution in [0.1, 0.15) is 53.4 Å². The van der Waals surface area contributed by atoms with E-state index in [1.807, 2.05) is 25.7 Å². The van der Waals surface area contributed by atoms with Crippen molar-refractivity contribution in [2.75, 3.05) is 19.6 Å². The van der Waals surface area contributed by atoms with Crippen molar-refractivity contribution in [1.29, 1.82) is 0 Å². The first-order chi connectivity index (χ1) is 8.83. The lowest BCUT2D eigenvalue weighted by Crippen LogP contribution is -2.40. The molecule has 1 rings (SSSR count). The van der Waals surface area contributed by atoms with Crippen molar-refractivity contribution in [3.63, 3.8) is 0 Å². The lowest BCUT2D eigenvalue weighted by atomic mass is 9.87. The molecule has 1 heterocycles. The molecule has 19 heavy (non-hydrogen) atoms. The molecule has 112 valence electrons. The van der Waals surface area contributed by atoms with Gasteiger partial charge in [-0.25, -0.2) is 4.79 Å². The van der Waals surface area contributed by atoms with E-state index in [2.05, 4.69) is 6.92 Å². The average Bonchev–Trinajstić information content (AvgIpc) is 2.52. The number of carbonyl (C=O) groups excluding carboxylic acids is 1. The van der Waals surface area contributed by atoms with Gasteiger partial charge in [0, 0.05) is 13.1 Å². The first-order valence-corrected chi connectivity index (χ1v) is 7.51. The van der Waals surface area contributed by atoms with Crippen molar-refractivity contribution in [2.24, 2.45) is 17.6 Å². The maximum atomic E-state index is 12.2. The summed E-state index contributed by atoms with van der Waals surface area (Å²) in [6.07, 6.45) is 4.33. The molecule has 1 aliphatic rings. The second-order valence-corrected chi connectivity index (χ2v) is 6.74. The van der Waals surface area contributed by atoms with Crippen LogP contribution in [0.5, 0.6) is 0 Å². The summed E-state index contributed by atoms with van der Waals surface area (Å²) in [5.41, 5.74) is 5.23. The van der Waals surface area contributed by atoms with Crippen LogP contribution < -0.4 is 5.73 Å². The Kier molecular flexibility index (Phi) is 6.11. The van der Waals surface area contributed by atoms with Gasteiger partial charge in [0.25, 0.3) is 0 Å². The smallest absolute Gasteiger partial charge is 0.410 e. The topological polar surface area (TPSA) is 55.6 Å². The summed E-state index contributed by atoms with van der Waals surface area (Å²) in [6, 6.07) is 0. The standard InChI is InChI=1S/C15H30N2O2/c1-12(8-9-16)13-7-5-6-10-17(11-13)14(18)19-15(2,3)4/h12-13H,5-11,16H2,1-4H3. The van der Waals surface area contributed by atoms with Crippen LogP contribution >= 0.6 is 0 Å². The molecule has 0 aliphatic carbocycles. The van der Waals surface area contributed by atoms with Crippen LogP contribution in [0.15, 0.2) is 0 Å². The highest BCUT2D eigenvalue weighted by atomic mass is 16.6. The minimum atomic E-state index is -0.415. The average molecular weight is 270 g/mol. The number of hydrogen-bond acceptors (Lipinski definition) is 3. The summed E-state index contributed by atoms with van der Waals surface area (Å²) >= 11 is 0. The van der Waals surface area contributed by atoms with Gasteiger partial charge >= 0.3 is 6.09 Å².